The highest BCUT2D eigenvalue weighted by Crippen LogP contribution is 2.37. The maximum atomic E-state index is 12.7. The molecule has 7 heteroatoms. The Morgan fingerprint density at radius 1 is 1.03 bits per heavy atom. The molecule has 3 aromatic rings. The fraction of sp³-hybridized carbons (Fsp3) is 0.182. The number of aryl methyl sites for hydroxylation is 2. The third-order valence-corrected chi connectivity index (χ3v) is 6.13. The van der Waals surface area contributed by atoms with Crippen molar-refractivity contribution in [1.29, 1.82) is 0 Å². The maximum Gasteiger partial charge on any atom is 0.341 e. The van der Waals surface area contributed by atoms with Gasteiger partial charge in [-0.1, -0.05) is 41.4 Å². The van der Waals surface area contributed by atoms with Gasteiger partial charge in [-0.05, 0) is 55.7 Å². The monoisotopic (exact) mass is 447 g/mol. The largest absolute Gasteiger partial charge is 0.462 e. The van der Waals surface area contributed by atoms with Crippen molar-refractivity contribution in [3.05, 3.63) is 74.1 Å². The van der Waals surface area contributed by atoms with Crippen molar-refractivity contribution in [1.82, 2.24) is 0 Å². The molecule has 1 heterocycles. The molecule has 0 spiro atoms. The van der Waals surface area contributed by atoms with Gasteiger partial charge in [0.15, 0.2) is 0 Å². The highest BCUT2D eigenvalue weighted by molar-refractivity contribution is 7.15. The summed E-state index contributed by atoms with van der Waals surface area (Å²) < 4.78 is 5.24. The number of hydrogen-bond acceptors (Lipinski definition) is 4. The molecule has 4 nitrogen and oxygen atoms in total. The number of hydrogen-bond donors (Lipinski definition) is 1. The Kier molecular flexibility index (Phi) is 6.63. The maximum absolute atomic E-state index is 12.7. The fourth-order valence-corrected chi connectivity index (χ4v) is 4.04. The van der Waals surface area contributed by atoms with E-state index in [1.807, 2.05) is 37.4 Å². The summed E-state index contributed by atoms with van der Waals surface area (Å²) in [4.78, 5) is 25.4. The minimum Gasteiger partial charge on any atom is -0.462 e. The lowest BCUT2D eigenvalue weighted by Gasteiger charge is -2.10. The molecule has 1 N–H and O–H groups in total. The van der Waals surface area contributed by atoms with Crippen LogP contribution in [0.2, 0.25) is 10.0 Å². The summed E-state index contributed by atoms with van der Waals surface area (Å²) >= 11 is 13.2. The number of ether oxygens (including phenoxy) is 1. The SMILES string of the molecule is CCOC(=O)c1c(-c2ccc(C)c(C)c2)csc1NC(=O)c1ccc(Cl)c(Cl)c1. The van der Waals surface area contributed by atoms with Crippen LogP contribution < -0.4 is 5.32 Å². The molecular formula is C22H19Cl2NO3S. The molecule has 0 bridgehead atoms. The average Bonchev–Trinajstić information content (AvgIpc) is 3.10. The van der Waals surface area contributed by atoms with Crippen LogP contribution in [-0.2, 0) is 4.74 Å². The first-order chi connectivity index (χ1) is 13.8. The minimum absolute atomic E-state index is 0.237. The van der Waals surface area contributed by atoms with Gasteiger partial charge in [-0.2, -0.15) is 0 Å². The molecule has 0 aliphatic heterocycles. The molecule has 0 fully saturated rings. The Morgan fingerprint density at radius 3 is 2.45 bits per heavy atom. The van der Waals surface area contributed by atoms with E-state index in [-0.39, 0.29) is 17.5 Å². The third kappa shape index (κ3) is 4.64. The Balaban J connectivity index is 2.01. The van der Waals surface area contributed by atoms with E-state index >= 15 is 0 Å². The van der Waals surface area contributed by atoms with E-state index in [1.165, 1.54) is 17.4 Å². The van der Waals surface area contributed by atoms with E-state index in [2.05, 4.69) is 5.32 Å². The van der Waals surface area contributed by atoms with Crippen LogP contribution >= 0.6 is 34.5 Å². The summed E-state index contributed by atoms with van der Waals surface area (Å²) in [6, 6.07) is 10.6. The zero-order valence-corrected chi connectivity index (χ0v) is 18.5. The lowest BCUT2D eigenvalue weighted by molar-refractivity contribution is 0.0529. The van der Waals surface area contributed by atoms with E-state index in [9.17, 15) is 9.59 Å². The van der Waals surface area contributed by atoms with E-state index < -0.39 is 5.97 Å². The number of carbonyl (C=O) groups is 2. The zero-order valence-electron chi connectivity index (χ0n) is 16.1. The Hall–Kier alpha value is -2.34. The first-order valence-electron chi connectivity index (χ1n) is 8.94. The summed E-state index contributed by atoms with van der Waals surface area (Å²) in [5.74, 6) is -0.867. The van der Waals surface area contributed by atoms with Crippen LogP contribution in [-0.4, -0.2) is 18.5 Å². The summed E-state index contributed by atoms with van der Waals surface area (Å²) in [7, 11) is 0. The second-order valence-electron chi connectivity index (χ2n) is 6.46. The number of esters is 1. The molecule has 0 unspecified atom stereocenters. The first kappa shape index (κ1) is 21.4. The van der Waals surface area contributed by atoms with Crippen molar-refractivity contribution in [2.24, 2.45) is 0 Å². The normalized spacial score (nSPS) is 10.7. The van der Waals surface area contributed by atoms with Gasteiger partial charge in [-0.15, -0.1) is 11.3 Å². The topological polar surface area (TPSA) is 55.4 Å². The van der Waals surface area contributed by atoms with E-state index in [1.54, 1.807) is 19.1 Å². The number of amides is 1. The van der Waals surface area contributed by atoms with Gasteiger partial charge in [0.2, 0.25) is 0 Å². The molecule has 29 heavy (non-hydrogen) atoms. The molecule has 2 aromatic carbocycles. The quantitative estimate of drug-likeness (QED) is 0.439. The standard InChI is InChI=1S/C22H19Cl2NO3S/c1-4-28-22(27)19-16(14-6-5-12(2)13(3)9-14)11-29-21(19)25-20(26)15-7-8-17(23)18(24)10-15/h5-11H,4H2,1-3H3,(H,25,26). The van der Waals surface area contributed by atoms with Crippen molar-refractivity contribution in [2.45, 2.75) is 20.8 Å². The molecule has 0 aliphatic rings. The first-order valence-corrected chi connectivity index (χ1v) is 10.6. The number of halogens is 2. The molecule has 0 atom stereocenters. The number of carbonyl (C=O) groups excluding carboxylic acids is 2. The van der Waals surface area contributed by atoms with Gasteiger partial charge in [0.25, 0.3) is 5.91 Å². The Labute approximate surface area is 183 Å². The van der Waals surface area contributed by atoms with Crippen molar-refractivity contribution < 1.29 is 14.3 Å². The summed E-state index contributed by atoms with van der Waals surface area (Å²) in [6.07, 6.45) is 0. The van der Waals surface area contributed by atoms with E-state index in [0.717, 1.165) is 22.3 Å². The van der Waals surface area contributed by atoms with Gasteiger partial charge >= 0.3 is 5.97 Å². The number of benzene rings is 2. The molecule has 0 aliphatic carbocycles. The van der Waals surface area contributed by atoms with Gasteiger partial charge in [0, 0.05) is 16.5 Å². The highest BCUT2D eigenvalue weighted by Gasteiger charge is 2.23. The van der Waals surface area contributed by atoms with Crippen LogP contribution in [0, 0.1) is 13.8 Å². The minimum atomic E-state index is -0.480. The van der Waals surface area contributed by atoms with Crippen LogP contribution in [0.25, 0.3) is 11.1 Å². The van der Waals surface area contributed by atoms with Crippen LogP contribution in [0.4, 0.5) is 5.00 Å². The van der Waals surface area contributed by atoms with Gasteiger partial charge in [-0.3, -0.25) is 4.79 Å². The van der Waals surface area contributed by atoms with Gasteiger partial charge in [0.05, 0.1) is 16.7 Å². The lowest BCUT2D eigenvalue weighted by atomic mass is 9.99. The van der Waals surface area contributed by atoms with Crippen molar-refractivity contribution >= 4 is 51.4 Å². The zero-order chi connectivity index (χ0) is 21.1. The predicted octanol–water partition coefficient (Wildman–Crippen LogP) is 6.77. The third-order valence-electron chi connectivity index (χ3n) is 4.50. The number of thiophene rings is 1. The van der Waals surface area contributed by atoms with Gasteiger partial charge < -0.3 is 10.1 Å². The molecule has 1 aromatic heterocycles. The van der Waals surface area contributed by atoms with Crippen LogP contribution in [0.3, 0.4) is 0 Å². The second-order valence-corrected chi connectivity index (χ2v) is 8.15. The highest BCUT2D eigenvalue weighted by atomic mass is 35.5. The summed E-state index contributed by atoms with van der Waals surface area (Å²) in [5, 5.41) is 5.73. The summed E-state index contributed by atoms with van der Waals surface area (Å²) in [6.45, 7) is 6.03. The predicted molar refractivity (Wildman–Crippen MR) is 120 cm³/mol. The fourth-order valence-electron chi connectivity index (χ4n) is 2.79. The molecule has 1 amide bonds. The number of nitrogens with one attached hydrogen (secondary N) is 1. The smallest absolute Gasteiger partial charge is 0.341 e. The van der Waals surface area contributed by atoms with Crippen molar-refractivity contribution in [2.75, 3.05) is 11.9 Å². The van der Waals surface area contributed by atoms with Gasteiger partial charge in [0.1, 0.15) is 10.6 Å². The molecule has 3 rings (SSSR count). The lowest BCUT2D eigenvalue weighted by Crippen LogP contribution is -2.14. The number of rotatable bonds is 5. The van der Waals surface area contributed by atoms with Crippen molar-refractivity contribution in [3.8, 4) is 11.1 Å². The molecule has 0 saturated heterocycles. The molecule has 150 valence electrons. The molecule has 0 saturated carbocycles. The average molecular weight is 448 g/mol. The number of anilines is 1. The van der Waals surface area contributed by atoms with E-state index in [4.69, 9.17) is 27.9 Å². The van der Waals surface area contributed by atoms with Gasteiger partial charge in [-0.25, -0.2) is 4.79 Å². The molecule has 0 radical (unpaired) electrons. The second kappa shape index (κ2) is 8.99. The molecular weight excluding hydrogens is 429 g/mol. The van der Waals surface area contributed by atoms with Crippen LogP contribution in [0.15, 0.2) is 41.8 Å². The van der Waals surface area contributed by atoms with E-state index in [0.29, 0.717) is 21.2 Å². The Morgan fingerprint density at radius 2 is 1.79 bits per heavy atom. The Bertz CT molecular complexity index is 1090. The van der Waals surface area contributed by atoms with Crippen LogP contribution in [0.1, 0.15) is 38.8 Å². The summed E-state index contributed by atoms with van der Waals surface area (Å²) in [5.41, 5.74) is 4.58. The van der Waals surface area contributed by atoms with Crippen molar-refractivity contribution in [3.63, 3.8) is 0 Å². The van der Waals surface area contributed by atoms with Crippen LogP contribution in [0.5, 0.6) is 0 Å².